The molecule has 0 radical (unpaired) electrons. The van der Waals surface area contributed by atoms with Crippen LogP contribution in [0.1, 0.15) is 10.4 Å². The van der Waals surface area contributed by atoms with Crippen molar-refractivity contribution in [3.63, 3.8) is 0 Å². The summed E-state index contributed by atoms with van der Waals surface area (Å²) in [4.78, 5) is 17.3. The van der Waals surface area contributed by atoms with Gasteiger partial charge in [-0.25, -0.2) is 4.98 Å². The second-order valence-electron chi connectivity index (χ2n) is 6.77. The predicted molar refractivity (Wildman–Crippen MR) is 120 cm³/mol. The van der Waals surface area contributed by atoms with Crippen molar-refractivity contribution in [2.45, 2.75) is 0 Å². The molecule has 1 heterocycles. The number of nitrogens with one attached hydrogen (secondary N) is 1. The minimum atomic E-state index is -0.282. The molecule has 4 rings (SSSR count). The van der Waals surface area contributed by atoms with Crippen LogP contribution in [-0.4, -0.2) is 39.3 Å². The van der Waals surface area contributed by atoms with E-state index in [-0.39, 0.29) is 5.91 Å². The zero-order valence-corrected chi connectivity index (χ0v) is 18.1. The first-order valence-electron chi connectivity index (χ1n) is 9.73. The number of hydrogen-bond donors (Lipinski definition) is 1. The molecule has 0 aliphatic carbocycles. The van der Waals surface area contributed by atoms with Crippen LogP contribution in [0, 0.1) is 0 Å². The third kappa shape index (κ3) is 3.90. The fourth-order valence-corrected chi connectivity index (χ4v) is 3.36. The van der Waals surface area contributed by atoms with E-state index in [4.69, 9.17) is 23.4 Å². The molecule has 0 saturated carbocycles. The topological polar surface area (TPSA) is 92.1 Å². The standard InChI is InChI=1S/C24H22N2O6/c1-28-18-8-6-5-7-16(18)23(27)25-15-9-10-19-17(13-15)26-24(32-19)14-11-20(29-2)22(31-4)21(12-14)30-3/h5-13H,1-4H3,(H,25,27). The van der Waals surface area contributed by atoms with Gasteiger partial charge in [-0.05, 0) is 42.5 Å². The first kappa shape index (κ1) is 21.0. The number of aromatic nitrogens is 1. The smallest absolute Gasteiger partial charge is 0.259 e. The minimum absolute atomic E-state index is 0.282. The van der Waals surface area contributed by atoms with Crippen LogP contribution in [0.5, 0.6) is 23.0 Å². The van der Waals surface area contributed by atoms with Crippen molar-refractivity contribution < 1.29 is 28.2 Å². The minimum Gasteiger partial charge on any atom is -0.496 e. The number of para-hydroxylation sites is 1. The van der Waals surface area contributed by atoms with Crippen LogP contribution >= 0.6 is 0 Å². The fraction of sp³-hybridized carbons (Fsp3) is 0.167. The van der Waals surface area contributed by atoms with Gasteiger partial charge >= 0.3 is 0 Å². The first-order chi connectivity index (χ1) is 15.6. The molecule has 0 fully saturated rings. The summed E-state index contributed by atoms with van der Waals surface area (Å²) >= 11 is 0. The van der Waals surface area contributed by atoms with E-state index >= 15 is 0 Å². The van der Waals surface area contributed by atoms with E-state index in [2.05, 4.69) is 10.3 Å². The molecule has 1 aromatic heterocycles. The Labute approximate surface area is 184 Å². The highest BCUT2D eigenvalue weighted by Crippen LogP contribution is 2.41. The Morgan fingerprint density at radius 3 is 2.19 bits per heavy atom. The summed E-state index contributed by atoms with van der Waals surface area (Å²) in [6.45, 7) is 0. The molecule has 0 bridgehead atoms. The second kappa shape index (κ2) is 8.89. The van der Waals surface area contributed by atoms with Gasteiger partial charge in [0, 0.05) is 11.3 Å². The quantitative estimate of drug-likeness (QED) is 0.447. The van der Waals surface area contributed by atoms with Crippen molar-refractivity contribution >= 4 is 22.7 Å². The van der Waals surface area contributed by atoms with E-state index in [9.17, 15) is 4.79 Å². The van der Waals surface area contributed by atoms with E-state index in [1.807, 2.05) is 6.07 Å². The summed E-state index contributed by atoms with van der Waals surface area (Å²) in [5, 5.41) is 2.87. The summed E-state index contributed by atoms with van der Waals surface area (Å²) in [5.41, 5.74) is 2.84. The summed E-state index contributed by atoms with van der Waals surface area (Å²) in [5.74, 6) is 2.07. The van der Waals surface area contributed by atoms with E-state index < -0.39 is 0 Å². The van der Waals surface area contributed by atoms with E-state index in [0.717, 1.165) is 0 Å². The normalized spacial score (nSPS) is 10.6. The van der Waals surface area contributed by atoms with Crippen LogP contribution in [0.25, 0.3) is 22.6 Å². The molecular weight excluding hydrogens is 412 g/mol. The first-order valence-corrected chi connectivity index (χ1v) is 9.73. The molecular formula is C24H22N2O6. The van der Waals surface area contributed by atoms with Crippen LogP contribution < -0.4 is 24.3 Å². The molecule has 1 amide bonds. The Hall–Kier alpha value is -4.20. The number of nitrogens with zero attached hydrogens (tertiary/aromatic N) is 1. The molecule has 3 aromatic carbocycles. The Bertz CT molecular complexity index is 1260. The molecule has 4 aromatic rings. The lowest BCUT2D eigenvalue weighted by molar-refractivity contribution is 0.102. The summed E-state index contributed by atoms with van der Waals surface area (Å²) in [6, 6.07) is 15.8. The molecule has 0 saturated heterocycles. The Balaban J connectivity index is 1.66. The zero-order chi connectivity index (χ0) is 22.7. The molecule has 0 atom stereocenters. The van der Waals surface area contributed by atoms with Gasteiger partial charge in [0.15, 0.2) is 17.1 Å². The number of anilines is 1. The van der Waals surface area contributed by atoms with Crippen LogP contribution in [0.15, 0.2) is 59.0 Å². The number of amides is 1. The molecule has 0 aliphatic rings. The van der Waals surface area contributed by atoms with Crippen molar-refractivity contribution in [1.82, 2.24) is 4.98 Å². The Morgan fingerprint density at radius 1 is 0.844 bits per heavy atom. The molecule has 0 aliphatic heterocycles. The van der Waals surface area contributed by atoms with Gasteiger partial charge in [-0.1, -0.05) is 12.1 Å². The summed E-state index contributed by atoms with van der Waals surface area (Å²) in [7, 11) is 6.16. The largest absolute Gasteiger partial charge is 0.496 e. The number of oxazole rings is 1. The van der Waals surface area contributed by atoms with Gasteiger partial charge in [-0.2, -0.15) is 0 Å². The molecule has 32 heavy (non-hydrogen) atoms. The highest BCUT2D eigenvalue weighted by Gasteiger charge is 2.18. The van der Waals surface area contributed by atoms with Gasteiger partial charge in [0.05, 0.1) is 34.0 Å². The van der Waals surface area contributed by atoms with Crippen LogP contribution in [0.4, 0.5) is 5.69 Å². The third-order valence-corrected chi connectivity index (χ3v) is 4.91. The Morgan fingerprint density at radius 2 is 1.53 bits per heavy atom. The third-order valence-electron chi connectivity index (χ3n) is 4.91. The SMILES string of the molecule is COc1ccccc1C(=O)Nc1ccc2oc(-c3cc(OC)c(OC)c(OC)c3)nc2c1. The van der Waals surface area contributed by atoms with Gasteiger partial charge in [-0.15, -0.1) is 0 Å². The van der Waals surface area contributed by atoms with Crippen LogP contribution in [0.3, 0.4) is 0 Å². The molecule has 164 valence electrons. The number of benzene rings is 3. The summed E-state index contributed by atoms with van der Waals surface area (Å²) in [6.07, 6.45) is 0. The lowest BCUT2D eigenvalue weighted by atomic mass is 10.1. The molecule has 0 spiro atoms. The lowest BCUT2D eigenvalue weighted by Gasteiger charge is -2.12. The summed E-state index contributed by atoms with van der Waals surface area (Å²) < 4.78 is 27.4. The van der Waals surface area contributed by atoms with Gasteiger partial charge in [0.2, 0.25) is 11.6 Å². The van der Waals surface area contributed by atoms with Crippen molar-refractivity contribution in [1.29, 1.82) is 0 Å². The number of methoxy groups -OCH3 is 4. The van der Waals surface area contributed by atoms with E-state index in [0.29, 0.717) is 56.8 Å². The van der Waals surface area contributed by atoms with Gasteiger partial charge in [0.25, 0.3) is 5.91 Å². The molecule has 1 N–H and O–H groups in total. The molecule has 8 nitrogen and oxygen atoms in total. The maximum Gasteiger partial charge on any atom is 0.259 e. The second-order valence-corrected chi connectivity index (χ2v) is 6.77. The van der Waals surface area contributed by atoms with Gasteiger partial charge < -0.3 is 28.7 Å². The maximum absolute atomic E-state index is 12.7. The van der Waals surface area contributed by atoms with E-state index in [1.165, 1.54) is 7.11 Å². The van der Waals surface area contributed by atoms with Crippen LogP contribution in [-0.2, 0) is 0 Å². The molecule has 8 heteroatoms. The predicted octanol–water partition coefficient (Wildman–Crippen LogP) is 4.78. The van der Waals surface area contributed by atoms with Crippen molar-refractivity contribution in [3.8, 4) is 34.5 Å². The number of hydrogen-bond acceptors (Lipinski definition) is 7. The fourth-order valence-electron chi connectivity index (χ4n) is 3.36. The highest BCUT2D eigenvalue weighted by molar-refractivity contribution is 6.06. The molecule has 0 unspecified atom stereocenters. The number of carbonyl (C=O) groups excluding carboxylic acids is 1. The van der Waals surface area contributed by atoms with Crippen molar-refractivity contribution in [2.75, 3.05) is 33.8 Å². The Kier molecular flexibility index (Phi) is 5.85. The average Bonchev–Trinajstić information content (AvgIpc) is 3.26. The van der Waals surface area contributed by atoms with Crippen LogP contribution in [0.2, 0.25) is 0 Å². The number of rotatable bonds is 7. The van der Waals surface area contributed by atoms with Crippen molar-refractivity contribution in [2.24, 2.45) is 0 Å². The zero-order valence-electron chi connectivity index (χ0n) is 18.1. The highest BCUT2D eigenvalue weighted by atomic mass is 16.5. The number of ether oxygens (including phenoxy) is 4. The number of fused-ring (bicyclic) bond motifs is 1. The van der Waals surface area contributed by atoms with Gasteiger partial charge in [-0.3, -0.25) is 4.79 Å². The number of carbonyl (C=O) groups is 1. The maximum atomic E-state index is 12.7. The van der Waals surface area contributed by atoms with Crippen molar-refractivity contribution in [3.05, 3.63) is 60.2 Å². The monoisotopic (exact) mass is 434 g/mol. The average molecular weight is 434 g/mol. The van der Waals surface area contributed by atoms with Gasteiger partial charge in [0.1, 0.15) is 11.3 Å². The van der Waals surface area contributed by atoms with E-state index in [1.54, 1.807) is 69.9 Å². The lowest BCUT2D eigenvalue weighted by Crippen LogP contribution is -2.13.